The van der Waals surface area contributed by atoms with Crippen LogP contribution in [0.3, 0.4) is 0 Å². The molecule has 4 aromatic rings. The number of thiazole rings is 1. The van der Waals surface area contributed by atoms with Gasteiger partial charge in [0.15, 0.2) is 28.0 Å². The molecular formula is C27H23N9O9S3. The first-order valence-electron chi connectivity index (χ1n) is 13.6. The maximum absolute atomic E-state index is 13.4. The molecule has 1 fully saturated rings. The average molecular weight is 714 g/mol. The first-order valence-corrected chi connectivity index (χ1v) is 16.6. The van der Waals surface area contributed by atoms with E-state index in [1.54, 1.807) is 6.07 Å². The maximum Gasteiger partial charge on any atom is 0.352 e. The molecule has 2 amide bonds. The minimum Gasteiger partial charge on any atom is -0.504 e. The molecule has 2 aliphatic rings. The summed E-state index contributed by atoms with van der Waals surface area (Å²) in [5.74, 6) is -5.36. The summed E-state index contributed by atoms with van der Waals surface area (Å²) in [5.41, 5.74) is 6.44. The van der Waals surface area contributed by atoms with Gasteiger partial charge in [-0.3, -0.25) is 14.5 Å². The molecular weight excluding hydrogens is 691 g/mol. The highest BCUT2D eigenvalue weighted by Crippen LogP contribution is 2.42. The number of nitrogens with one attached hydrogen (secondary N) is 1. The monoisotopic (exact) mass is 713 g/mol. The van der Waals surface area contributed by atoms with Crippen molar-refractivity contribution in [2.45, 2.75) is 30.0 Å². The summed E-state index contributed by atoms with van der Waals surface area (Å²) in [6.45, 7) is 1.33. The Kier molecular flexibility index (Phi) is 8.81. The first-order chi connectivity index (χ1) is 22.9. The fourth-order valence-corrected chi connectivity index (χ4v) is 7.95. The molecule has 0 bridgehead atoms. The minimum absolute atomic E-state index is 0.0153. The van der Waals surface area contributed by atoms with Crippen LogP contribution in [0.25, 0.3) is 5.65 Å². The molecule has 0 unspecified atom stereocenters. The van der Waals surface area contributed by atoms with E-state index in [0.29, 0.717) is 16.2 Å². The molecule has 21 heteroatoms. The Hall–Kier alpha value is -5.41. The predicted molar refractivity (Wildman–Crippen MR) is 171 cm³/mol. The number of aromatic carboxylic acids is 1. The Labute approximate surface area is 281 Å². The normalized spacial score (nSPS) is 17.6. The third-order valence-electron chi connectivity index (χ3n) is 7.11. The topological polar surface area (TPSA) is 268 Å². The van der Waals surface area contributed by atoms with Gasteiger partial charge in [0.1, 0.15) is 40.0 Å². The Morgan fingerprint density at radius 3 is 2.69 bits per heavy atom. The minimum atomic E-state index is -1.46. The quantitative estimate of drug-likeness (QED) is 0.0316. The molecule has 248 valence electrons. The molecule has 0 aliphatic carbocycles. The highest BCUT2D eigenvalue weighted by Gasteiger charge is 2.54. The molecule has 2 atom stereocenters. The van der Waals surface area contributed by atoms with E-state index in [9.17, 15) is 34.5 Å². The van der Waals surface area contributed by atoms with Crippen LogP contribution < -0.4 is 11.1 Å². The van der Waals surface area contributed by atoms with Gasteiger partial charge in [0.05, 0.1) is 6.20 Å². The van der Waals surface area contributed by atoms with Gasteiger partial charge in [0.25, 0.3) is 11.8 Å². The number of fused-ring (bicyclic) bond motifs is 2. The van der Waals surface area contributed by atoms with Gasteiger partial charge in [-0.05, 0) is 24.6 Å². The highest BCUT2D eigenvalue weighted by molar-refractivity contribution is 8.01. The van der Waals surface area contributed by atoms with Gasteiger partial charge in [-0.15, -0.1) is 40.0 Å². The molecule has 18 nitrogen and oxygen atoms in total. The van der Waals surface area contributed by atoms with Crippen LogP contribution >= 0.6 is 34.9 Å². The molecule has 0 radical (unpaired) electrons. The third-order valence-corrected chi connectivity index (χ3v) is 10.2. The van der Waals surface area contributed by atoms with Crippen molar-refractivity contribution >= 4 is 75.1 Å². The standard InChI is InChI=1S/C27H23N9O9S3/c1-10-4-16(36-15(30-10)5-29-34-36)46-7-12-8-47-24-18(23(40)35(24)19(12)26(43)44)32-22(39)17(14-9-48-27(28)31-14)33-45-6-11-2-3-13(25(41)42)21(38)20(11)37/h2-5,9,18,24,37-38H,6-8H2,1H3,(H2,28,31)(H,32,39)(H,41,42)(H,43,44)/t18-,24-/m1/s1. The van der Waals surface area contributed by atoms with Crippen molar-refractivity contribution in [2.75, 3.05) is 17.2 Å². The fourth-order valence-electron chi connectivity index (χ4n) is 4.86. The smallest absolute Gasteiger partial charge is 0.352 e. The molecule has 48 heavy (non-hydrogen) atoms. The van der Waals surface area contributed by atoms with Crippen LogP contribution in [0.1, 0.15) is 27.3 Å². The molecule has 0 spiro atoms. The SMILES string of the molecule is Cc1cc(SCC2=C(C(=O)O)N3C(=O)[C@@H](NC(=O)C(=NOCc4ccc(C(=O)O)c(O)c4O)c4csc(N)n4)[C@H]3SC2)n2nncc2n1. The number of β-lactam (4-membered cyclic amide) rings is 1. The molecule has 1 saturated heterocycles. The average Bonchev–Trinajstić information content (AvgIpc) is 3.70. The van der Waals surface area contributed by atoms with E-state index in [-0.39, 0.29) is 39.3 Å². The summed E-state index contributed by atoms with van der Waals surface area (Å²) in [7, 11) is 0. The fraction of sp³-hybridized carbons (Fsp3) is 0.222. The second-order valence-electron chi connectivity index (χ2n) is 10.2. The first kappa shape index (κ1) is 32.5. The van der Waals surface area contributed by atoms with E-state index in [2.05, 4.69) is 30.8 Å². The second kappa shape index (κ2) is 13.0. The van der Waals surface area contributed by atoms with E-state index in [1.807, 2.05) is 6.92 Å². The number of oxime groups is 1. The van der Waals surface area contributed by atoms with Crippen molar-refractivity contribution in [1.29, 1.82) is 0 Å². The van der Waals surface area contributed by atoms with Gasteiger partial charge in [0.2, 0.25) is 0 Å². The zero-order valence-corrected chi connectivity index (χ0v) is 26.9. The number of carboxylic acid groups (broad SMARTS) is 2. The number of aromatic nitrogens is 5. The molecule has 5 heterocycles. The lowest BCUT2D eigenvalue weighted by molar-refractivity contribution is -0.150. The summed E-state index contributed by atoms with van der Waals surface area (Å²) in [5, 5.41) is 55.2. The molecule has 1 aromatic carbocycles. The number of carbonyl (C=O) groups is 4. The lowest BCUT2D eigenvalue weighted by Crippen LogP contribution is -2.71. The Bertz CT molecular complexity index is 2060. The number of nitrogens with two attached hydrogens (primary N) is 1. The lowest BCUT2D eigenvalue weighted by atomic mass is 10.0. The molecule has 0 saturated carbocycles. The number of thioether (sulfide) groups is 2. The highest BCUT2D eigenvalue weighted by atomic mass is 32.2. The summed E-state index contributed by atoms with van der Waals surface area (Å²) in [6.07, 6.45) is 1.51. The number of phenolic OH excluding ortho intramolecular Hbond substituents is 1. The second-order valence-corrected chi connectivity index (χ2v) is 13.2. The Morgan fingerprint density at radius 1 is 1.19 bits per heavy atom. The zero-order chi connectivity index (χ0) is 34.3. The van der Waals surface area contributed by atoms with Gasteiger partial charge in [-0.1, -0.05) is 16.4 Å². The van der Waals surface area contributed by atoms with Crippen LogP contribution in [0.2, 0.25) is 0 Å². The summed E-state index contributed by atoms with van der Waals surface area (Å²) in [6, 6.07) is 2.95. The number of hydrogen-bond donors (Lipinski definition) is 6. The number of anilines is 1. The number of phenols is 2. The van der Waals surface area contributed by atoms with Crippen LogP contribution in [0.5, 0.6) is 11.5 Å². The third kappa shape index (κ3) is 6.04. The Balaban J connectivity index is 1.18. The van der Waals surface area contributed by atoms with Crippen molar-refractivity contribution in [2.24, 2.45) is 5.16 Å². The number of carbonyl (C=O) groups excluding carboxylic acids is 2. The molecule has 3 aromatic heterocycles. The van der Waals surface area contributed by atoms with Crippen molar-refractivity contribution in [3.63, 3.8) is 0 Å². The van der Waals surface area contributed by atoms with Gasteiger partial charge in [0, 0.05) is 28.1 Å². The molecule has 6 rings (SSSR count). The van der Waals surface area contributed by atoms with Crippen LogP contribution in [-0.2, 0) is 25.8 Å². The van der Waals surface area contributed by atoms with Crippen LogP contribution in [0, 0.1) is 6.92 Å². The van der Waals surface area contributed by atoms with Gasteiger partial charge in [-0.25, -0.2) is 19.6 Å². The van der Waals surface area contributed by atoms with Crippen molar-refractivity contribution in [1.82, 2.24) is 35.0 Å². The number of carboxylic acids is 2. The van der Waals surface area contributed by atoms with E-state index in [0.717, 1.165) is 28.0 Å². The number of aromatic hydroxyl groups is 2. The maximum atomic E-state index is 13.4. The molecule has 7 N–H and O–H groups in total. The van der Waals surface area contributed by atoms with Crippen molar-refractivity contribution < 1.29 is 44.4 Å². The number of benzene rings is 1. The number of aryl methyl sites for hydroxylation is 1. The van der Waals surface area contributed by atoms with Crippen LogP contribution in [0.4, 0.5) is 5.13 Å². The van der Waals surface area contributed by atoms with Crippen LogP contribution in [-0.4, -0.2) is 103 Å². The lowest BCUT2D eigenvalue weighted by Gasteiger charge is -2.49. The number of nitrogen functional groups attached to an aromatic ring is 1. The van der Waals surface area contributed by atoms with E-state index < -0.39 is 58.8 Å². The van der Waals surface area contributed by atoms with Crippen molar-refractivity contribution in [3.8, 4) is 11.5 Å². The summed E-state index contributed by atoms with van der Waals surface area (Å²) in [4.78, 5) is 65.1. The predicted octanol–water partition coefficient (Wildman–Crippen LogP) is 1.03. The molecule has 2 aliphatic heterocycles. The number of rotatable bonds is 11. The van der Waals surface area contributed by atoms with Gasteiger partial charge >= 0.3 is 11.9 Å². The van der Waals surface area contributed by atoms with E-state index in [4.69, 9.17) is 15.7 Å². The number of hydrogen-bond acceptors (Lipinski definition) is 16. The summed E-state index contributed by atoms with van der Waals surface area (Å²) < 4.78 is 1.54. The number of nitrogens with zero attached hydrogens (tertiary/aromatic N) is 7. The summed E-state index contributed by atoms with van der Waals surface area (Å²) >= 11 is 3.62. The Morgan fingerprint density at radius 2 is 1.98 bits per heavy atom. The van der Waals surface area contributed by atoms with Gasteiger partial charge in [-0.2, -0.15) is 4.52 Å². The largest absolute Gasteiger partial charge is 0.504 e. The number of amides is 2. The zero-order valence-electron chi connectivity index (χ0n) is 24.4. The van der Waals surface area contributed by atoms with Crippen LogP contribution in [0.15, 0.2) is 51.2 Å². The number of aliphatic carboxylic acids is 1. The van der Waals surface area contributed by atoms with Gasteiger partial charge < -0.3 is 36.3 Å². The van der Waals surface area contributed by atoms with Crippen molar-refractivity contribution in [3.05, 3.63) is 63.6 Å². The van der Waals surface area contributed by atoms with E-state index >= 15 is 0 Å². The van der Waals surface area contributed by atoms with E-state index in [1.165, 1.54) is 45.7 Å².